The summed E-state index contributed by atoms with van der Waals surface area (Å²) in [4.78, 5) is 14.2. The fourth-order valence-electron chi connectivity index (χ4n) is 2.25. The molecule has 0 saturated heterocycles. The Kier molecular flexibility index (Phi) is 1.95. The van der Waals surface area contributed by atoms with Crippen LogP contribution in [0.15, 0.2) is 47.5 Å². The van der Waals surface area contributed by atoms with Gasteiger partial charge in [0.25, 0.3) is 0 Å². The van der Waals surface area contributed by atoms with E-state index in [1.165, 1.54) is 16.3 Å². The van der Waals surface area contributed by atoms with Crippen molar-refractivity contribution in [2.75, 3.05) is 0 Å². The summed E-state index contributed by atoms with van der Waals surface area (Å²) in [6.07, 6.45) is 5.58. The van der Waals surface area contributed by atoms with Gasteiger partial charge in [0.05, 0.1) is 0 Å². The third kappa shape index (κ3) is 1.21. The van der Waals surface area contributed by atoms with E-state index in [0.29, 0.717) is 0 Å². The maximum Gasteiger partial charge on any atom is 0.235 e. The Balaban J connectivity index is 2.40. The van der Waals surface area contributed by atoms with Gasteiger partial charge in [0.2, 0.25) is 6.08 Å². The Labute approximate surface area is 92.9 Å². The highest BCUT2D eigenvalue weighted by Gasteiger charge is 2.15. The quantitative estimate of drug-likeness (QED) is 0.521. The highest BCUT2D eigenvalue weighted by atomic mass is 16.1. The maximum atomic E-state index is 10.4. The van der Waals surface area contributed by atoms with Crippen LogP contribution < -0.4 is 0 Å². The molecular formula is C14H9NO. The molecule has 0 aliphatic heterocycles. The van der Waals surface area contributed by atoms with Crippen molar-refractivity contribution in [3.63, 3.8) is 0 Å². The molecule has 0 spiro atoms. The van der Waals surface area contributed by atoms with E-state index in [2.05, 4.69) is 23.2 Å². The summed E-state index contributed by atoms with van der Waals surface area (Å²) in [7, 11) is 0. The van der Waals surface area contributed by atoms with Gasteiger partial charge < -0.3 is 0 Å². The summed E-state index contributed by atoms with van der Waals surface area (Å²) in [5, 5.41) is 2.38. The lowest BCUT2D eigenvalue weighted by atomic mass is 9.90. The lowest BCUT2D eigenvalue weighted by Crippen LogP contribution is -1.98. The molecule has 0 radical (unpaired) electrons. The normalized spacial score (nSPS) is 17.1. The van der Waals surface area contributed by atoms with E-state index in [0.717, 1.165) is 5.56 Å². The molecule has 2 heteroatoms. The van der Waals surface area contributed by atoms with E-state index in [1.54, 1.807) is 6.08 Å². The Morgan fingerprint density at radius 2 is 1.94 bits per heavy atom. The van der Waals surface area contributed by atoms with Crippen LogP contribution in [0.25, 0.3) is 16.8 Å². The van der Waals surface area contributed by atoms with Gasteiger partial charge in [-0.25, -0.2) is 4.79 Å². The van der Waals surface area contributed by atoms with Crippen LogP contribution in [-0.2, 0) is 4.79 Å². The van der Waals surface area contributed by atoms with Crippen LogP contribution in [0.2, 0.25) is 0 Å². The fourth-order valence-corrected chi connectivity index (χ4v) is 2.25. The molecule has 1 atom stereocenters. The molecule has 2 nitrogen and oxygen atoms in total. The second-order valence-electron chi connectivity index (χ2n) is 3.82. The zero-order chi connectivity index (χ0) is 11.0. The SMILES string of the molecule is O=C=NC1C=Cc2cccc3cccc1c23. The van der Waals surface area contributed by atoms with Crippen LogP contribution in [0.3, 0.4) is 0 Å². The first kappa shape index (κ1) is 9.08. The van der Waals surface area contributed by atoms with Gasteiger partial charge >= 0.3 is 0 Å². The molecule has 2 aromatic rings. The Bertz CT molecular complexity index is 631. The Morgan fingerprint density at radius 1 is 1.12 bits per heavy atom. The minimum Gasteiger partial charge on any atom is -0.211 e. The molecule has 0 aromatic heterocycles. The molecule has 16 heavy (non-hydrogen) atoms. The average molecular weight is 207 g/mol. The zero-order valence-electron chi connectivity index (χ0n) is 8.55. The standard InChI is InChI=1S/C14H9NO/c16-9-15-13-8-7-11-4-1-3-10-5-2-6-12(13)14(10)11/h1-8,13H. The number of benzene rings is 2. The first-order chi connectivity index (χ1) is 7.90. The van der Waals surface area contributed by atoms with Gasteiger partial charge in [-0.3, -0.25) is 0 Å². The summed E-state index contributed by atoms with van der Waals surface area (Å²) < 4.78 is 0. The van der Waals surface area contributed by atoms with Crippen LogP contribution in [0, 0.1) is 0 Å². The smallest absolute Gasteiger partial charge is 0.211 e. The summed E-state index contributed by atoms with van der Waals surface area (Å²) in [6.45, 7) is 0. The van der Waals surface area contributed by atoms with Gasteiger partial charge in [0.1, 0.15) is 6.04 Å². The van der Waals surface area contributed by atoms with Crippen LogP contribution >= 0.6 is 0 Å². The van der Waals surface area contributed by atoms with Crippen LogP contribution in [0.1, 0.15) is 17.2 Å². The third-order valence-electron chi connectivity index (χ3n) is 2.94. The van der Waals surface area contributed by atoms with Gasteiger partial charge in [0, 0.05) is 0 Å². The molecule has 1 aliphatic rings. The van der Waals surface area contributed by atoms with Gasteiger partial charge in [-0.15, -0.1) is 0 Å². The van der Waals surface area contributed by atoms with Crippen molar-refractivity contribution in [2.24, 2.45) is 4.99 Å². The number of aliphatic imine (C=N–C) groups is 1. The van der Waals surface area contributed by atoms with E-state index in [1.807, 2.05) is 30.4 Å². The van der Waals surface area contributed by atoms with E-state index < -0.39 is 0 Å². The van der Waals surface area contributed by atoms with Gasteiger partial charge in [-0.05, 0) is 21.9 Å². The van der Waals surface area contributed by atoms with Crippen molar-refractivity contribution in [3.8, 4) is 0 Å². The van der Waals surface area contributed by atoms with Crippen molar-refractivity contribution in [3.05, 3.63) is 53.6 Å². The van der Waals surface area contributed by atoms with Crippen molar-refractivity contribution in [2.45, 2.75) is 6.04 Å². The van der Waals surface area contributed by atoms with Crippen molar-refractivity contribution in [1.29, 1.82) is 0 Å². The third-order valence-corrected chi connectivity index (χ3v) is 2.94. The highest BCUT2D eigenvalue weighted by Crippen LogP contribution is 2.34. The predicted molar refractivity (Wildman–Crippen MR) is 63.8 cm³/mol. The molecule has 2 aromatic carbocycles. The van der Waals surface area contributed by atoms with E-state index in [-0.39, 0.29) is 6.04 Å². The molecule has 1 aliphatic carbocycles. The summed E-state index contributed by atoms with van der Waals surface area (Å²) in [6, 6.07) is 12.1. The summed E-state index contributed by atoms with van der Waals surface area (Å²) >= 11 is 0. The number of carbonyl (C=O) groups excluding carboxylic acids is 1. The Morgan fingerprint density at radius 3 is 2.75 bits per heavy atom. The molecule has 0 saturated carbocycles. The minimum absolute atomic E-state index is 0.184. The minimum atomic E-state index is -0.184. The van der Waals surface area contributed by atoms with Crippen molar-refractivity contribution in [1.82, 2.24) is 0 Å². The lowest BCUT2D eigenvalue weighted by molar-refractivity contribution is 0.561. The molecule has 0 N–H and O–H groups in total. The largest absolute Gasteiger partial charge is 0.235 e. The number of hydrogen-bond donors (Lipinski definition) is 0. The zero-order valence-corrected chi connectivity index (χ0v) is 8.55. The first-order valence-corrected chi connectivity index (χ1v) is 5.17. The van der Waals surface area contributed by atoms with E-state index in [4.69, 9.17) is 0 Å². The predicted octanol–water partition coefficient (Wildman–Crippen LogP) is 3.24. The second kappa shape index (κ2) is 3.44. The number of isocyanates is 1. The molecule has 0 bridgehead atoms. The first-order valence-electron chi connectivity index (χ1n) is 5.17. The highest BCUT2D eigenvalue weighted by molar-refractivity contribution is 5.95. The molecule has 76 valence electrons. The maximum absolute atomic E-state index is 10.4. The summed E-state index contributed by atoms with van der Waals surface area (Å²) in [5.74, 6) is 0. The lowest BCUT2D eigenvalue weighted by Gasteiger charge is -2.16. The van der Waals surface area contributed by atoms with Crippen LogP contribution in [-0.4, -0.2) is 6.08 Å². The molecule has 0 heterocycles. The fraction of sp³-hybridized carbons (Fsp3) is 0.0714. The van der Waals surface area contributed by atoms with Crippen LogP contribution in [0.4, 0.5) is 0 Å². The molecule has 1 unspecified atom stereocenters. The number of nitrogens with zero attached hydrogens (tertiary/aromatic N) is 1. The van der Waals surface area contributed by atoms with Gasteiger partial charge in [-0.2, -0.15) is 4.99 Å². The molecule has 0 fully saturated rings. The number of rotatable bonds is 1. The van der Waals surface area contributed by atoms with E-state index in [9.17, 15) is 4.79 Å². The average Bonchev–Trinajstić information content (AvgIpc) is 2.33. The summed E-state index contributed by atoms with van der Waals surface area (Å²) in [5.41, 5.74) is 2.27. The topological polar surface area (TPSA) is 29.4 Å². The van der Waals surface area contributed by atoms with Crippen LogP contribution in [0.5, 0.6) is 0 Å². The molecular weight excluding hydrogens is 198 g/mol. The number of hydrogen-bond acceptors (Lipinski definition) is 2. The molecule has 0 amide bonds. The van der Waals surface area contributed by atoms with Gasteiger partial charge in [0.15, 0.2) is 0 Å². The second-order valence-corrected chi connectivity index (χ2v) is 3.82. The van der Waals surface area contributed by atoms with Crippen molar-refractivity contribution < 1.29 is 4.79 Å². The Hall–Kier alpha value is -2.18. The molecule has 3 rings (SSSR count). The monoisotopic (exact) mass is 207 g/mol. The van der Waals surface area contributed by atoms with Gasteiger partial charge in [-0.1, -0.05) is 48.6 Å². The van der Waals surface area contributed by atoms with E-state index >= 15 is 0 Å². The van der Waals surface area contributed by atoms with Crippen molar-refractivity contribution >= 4 is 22.9 Å².